The molecule has 0 bridgehead atoms. The molecule has 1 aliphatic carbocycles. The Morgan fingerprint density at radius 2 is 2.07 bits per heavy atom. The molecule has 1 N–H and O–H groups in total. The Kier molecular flexibility index (Phi) is 6.25. The number of benzene rings is 1. The van der Waals surface area contributed by atoms with Gasteiger partial charge in [-0.3, -0.25) is 4.79 Å². The van der Waals surface area contributed by atoms with Crippen molar-refractivity contribution in [1.29, 1.82) is 0 Å². The Morgan fingerprint density at radius 1 is 1.30 bits per heavy atom. The summed E-state index contributed by atoms with van der Waals surface area (Å²) in [6, 6.07) is 2.16. The van der Waals surface area contributed by atoms with Gasteiger partial charge in [0.25, 0.3) is 0 Å². The highest BCUT2D eigenvalue weighted by atomic mass is 16.5. The van der Waals surface area contributed by atoms with E-state index in [1.54, 1.807) is 6.08 Å². The summed E-state index contributed by atoms with van der Waals surface area (Å²) in [4.78, 5) is 12.3. The highest BCUT2D eigenvalue weighted by Crippen LogP contribution is 2.41. The maximum atomic E-state index is 12.3. The summed E-state index contributed by atoms with van der Waals surface area (Å²) < 4.78 is 12.2. The second kappa shape index (κ2) is 8.64. The molecule has 4 heteroatoms. The number of carbonyl (C=O) groups is 1. The minimum absolute atomic E-state index is 0.0460. The fourth-order valence-corrected chi connectivity index (χ4v) is 3.87. The monoisotopic (exact) mass is 369 g/mol. The molecule has 0 saturated heterocycles. The van der Waals surface area contributed by atoms with Crippen LogP contribution in [-0.2, 0) is 17.6 Å². The Bertz CT molecular complexity index is 860. The van der Waals surface area contributed by atoms with Gasteiger partial charge in [0.05, 0.1) is 6.61 Å². The summed E-state index contributed by atoms with van der Waals surface area (Å²) in [5, 5.41) is 4.14. The lowest BCUT2D eigenvalue weighted by molar-refractivity contribution is -0.116. The summed E-state index contributed by atoms with van der Waals surface area (Å²) in [7, 11) is 0. The number of unbranched alkanes of at least 4 members (excludes halogenated alkanes) is 1. The van der Waals surface area contributed by atoms with Gasteiger partial charge in [-0.2, -0.15) is 0 Å². The molecule has 1 aromatic carbocycles. The van der Waals surface area contributed by atoms with Crippen LogP contribution in [0.4, 0.5) is 0 Å². The predicted octanol–water partition coefficient (Wildman–Crippen LogP) is 5.34. The number of amides is 1. The molecule has 146 valence electrons. The van der Waals surface area contributed by atoms with Gasteiger partial charge in [-0.05, 0) is 58.1 Å². The number of allylic oxidation sites excluding steroid dienone is 1. The van der Waals surface area contributed by atoms with Gasteiger partial charge in [0.2, 0.25) is 5.91 Å². The number of furan rings is 1. The van der Waals surface area contributed by atoms with E-state index in [1.165, 1.54) is 23.8 Å². The van der Waals surface area contributed by atoms with Crippen LogP contribution in [0.25, 0.3) is 16.5 Å². The number of rotatable bonds is 7. The zero-order chi connectivity index (χ0) is 19.4. The van der Waals surface area contributed by atoms with E-state index in [4.69, 9.17) is 9.15 Å². The van der Waals surface area contributed by atoms with Crippen LogP contribution in [-0.4, -0.2) is 19.1 Å². The molecule has 1 aliphatic rings. The summed E-state index contributed by atoms with van der Waals surface area (Å²) >= 11 is 0. The largest absolute Gasteiger partial charge is 0.493 e. The zero-order valence-corrected chi connectivity index (χ0v) is 17.0. The fraction of sp³-hybridized carbons (Fsp3) is 0.522. The van der Waals surface area contributed by atoms with E-state index in [0.717, 1.165) is 59.5 Å². The van der Waals surface area contributed by atoms with Gasteiger partial charge in [-0.15, -0.1) is 0 Å². The van der Waals surface area contributed by atoms with Crippen molar-refractivity contribution in [2.75, 3.05) is 13.2 Å². The van der Waals surface area contributed by atoms with E-state index < -0.39 is 0 Å². The van der Waals surface area contributed by atoms with Crippen molar-refractivity contribution in [3.63, 3.8) is 0 Å². The molecule has 0 unspecified atom stereocenters. The Morgan fingerprint density at radius 3 is 2.81 bits per heavy atom. The molecule has 1 aromatic heterocycles. The van der Waals surface area contributed by atoms with E-state index in [1.807, 2.05) is 13.8 Å². The normalized spacial score (nSPS) is 14.3. The third-order valence-corrected chi connectivity index (χ3v) is 5.32. The van der Waals surface area contributed by atoms with Crippen molar-refractivity contribution in [3.05, 3.63) is 34.6 Å². The average molecular weight is 370 g/mol. The minimum atomic E-state index is -0.0460. The molecule has 2 aromatic rings. The van der Waals surface area contributed by atoms with E-state index in [9.17, 15) is 4.79 Å². The lowest BCUT2D eigenvalue weighted by atomic mass is 9.93. The molecule has 1 heterocycles. The molecule has 0 atom stereocenters. The molecular weight excluding hydrogens is 338 g/mol. The van der Waals surface area contributed by atoms with Gasteiger partial charge in [0, 0.05) is 41.1 Å². The average Bonchev–Trinajstić information content (AvgIpc) is 3.03. The first-order valence-electron chi connectivity index (χ1n) is 10.2. The topological polar surface area (TPSA) is 51.5 Å². The number of carbonyl (C=O) groups excluding carboxylic acids is 1. The van der Waals surface area contributed by atoms with Crippen molar-refractivity contribution >= 4 is 22.4 Å². The van der Waals surface area contributed by atoms with Crippen LogP contribution in [0.2, 0.25) is 0 Å². The highest BCUT2D eigenvalue weighted by molar-refractivity contribution is 5.98. The van der Waals surface area contributed by atoms with Crippen molar-refractivity contribution in [2.45, 2.75) is 66.2 Å². The number of hydrogen-bond acceptors (Lipinski definition) is 3. The van der Waals surface area contributed by atoms with Crippen LogP contribution in [0.3, 0.4) is 0 Å². The molecule has 4 nitrogen and oxygen atoms in total. The lowest BCUT2D eigenvalue weighted by Gasteiger charge is -2.15. The van der Waals surface area contributed by atoms with Crippen LogP contribution in [0, 0.1) is 6.92 Å². The van der Waals surface area contributed by atoms with Gasteiger partial charge in [0.15, 0.2) is 0 Å². The SMILES string of the molecule is CCCCNC(=O)/C=C(\C)c1cc2c3c(oc2c(C)c1OCC)CCCC3. The maximum Gasteiger partial charge on any atom is 0.244 e. The van der Waals surface area contributed by atoms with E-state index in [-0.39, 0.29) is 5.91 Å². The summed E-state index contributed by atoms with van der Waals surface area (Å²) in [5.74, 6) is 1.90. The van der Waals surface area contributed by atoms with Crippen LogP contribution in [0.15, 0.2) is 16.6 Å². The molecule has 0 saturated carbocycles. The van der Waals surface area contributed by atoms with E-state index in [2.05, 4.69) is 25.2 Å². The second-order valence-corrected chi connectivity index (χ2v) is 7.37. The van der Waals surface area contributed by atoms with Crippen LogP contribution in [0.1, 0.15) is 68.9 Å². The number of aryl methyl sites for hydroxylation is 3. The summed E-state index contributed by atoms with van der Waals surface area (Å²) in [6.45, 7) is 9.43. The van der Waals surface area contributed by atoms with E-state index >= 15 is 0 Å². The molecule has 3 rings (SSSR count). The van der Waals surface area contributed by atoms with Gasteiger partial charge >= 0.3 is 0 Å². The molecule has 27 heavy (non-hydrogen) atoms. The quantitative estimate of drug-likeness (QED) is 0.529. The molecule has 0 aliphatic heterocycles. The number of hydrogen-bond donors (Lipinski definition) is 1. The first-order valence-corrected chi connectivity index (χ1v) is 10.2. The summed E-state index contributed by atoms with van der Waals surface area (Å²) in [5.41, 5.74) is 5.21. The Hall–Kier alpha value is -2.23. The molecule has 0 spiro atoms. The van der Waals surface area contributed by atoms with Gasteiger partial charge in [-0.25, -0.2) is 0 Å². The number of nitrogens with one attached hydrogen (secondary N) is 1. The lowest BCUT2D eigenvalue weighted by Crippen LogP contribution is -2.22. The highest BCUT2D eigenvalue weighted by Gasteiger charge is 2.23. The predicted molar refractivity (Wildman–Crippen MR) is 110 cm³/mol. The standard InChI is InChI=1S/C23H31NO3/c1-5-7-12-24-21(25)13-15(3)18-14-19-17-10-8-9-11-20(17)27-23(19)16(4)22(18)26-6-2/h13-14H,5-12H2,1-4H3,(H,24,25)/b15-13+. The number of fused-ring (bicyclic) bond motifs is 3. The van der Waals surface area contributed by atoms with Crippen molar-refractivity contribution in [3.8, 4) is 5.75 Å². The molecule has 0 radical (unpaired) electrons. The molecule has 0 fully saturated rings. The molecular formula is C23H31NO3. The van der Waals surface area contributed by atoms with Crippen molar-refractivity contribution < 1.29 is 13.9 Å². The Labute approximate surface area is 162 Å². The molecule has 1 amide bonds. The van der Waals surface area contributed by atoms with Crippen molar-refractivity contribution in [1.82, 2.24) is 5.32 Å². The first-order chi connectivity index (χ1) is 13.1. The summed E-state index contributed by atoms with van der Waals surface area (Å²) in [6.07, 6.45) is 8.22. The third-order valence-electron chi connectivity index (χ3n) is 5.32. The van der Waals surface area contributed by atoms with Gasteiger partial charge in [0.1, 0.15) is 17.1 Å². The smallest absolute Gasteiger partial charge is 0.244 e. The van der Waals surface area contributed by atoms with Gasteiger partial charge < -0.3 is 14.5 Å². The van der Waals surface area contributed by atoms with Crippen molar-refractivity contribution in [2.24, 2.45) is 0 Å². The number of ether oxygens (including phenoxy) is 1. The minimum Gasteiger partial charge on any atom is -0.493 e. The first kappa shape index (κ1) is 19.5. The second-order valence-electron chi connectivity index (χ2n) is 7.37. The van der Waals surface area contributed by atoms with Gasteiger partial charge in [-0.1, -0.05) is 13.3 Å². The van der Waals surface area contributed by atoms with Crippen LogP contribution >= 0.6 is 0 Å². The third kappa shape index (κ3) is 4.05. The van der Waals surface area contributed by atoms with E-state index in [0.29, 0.717) is 13.2 Å². The maximum absolute atomic E-state index is 12.3. The fourth-order valence-electron chi connectivity index (χ4n) is 3.87. The van der Waals surface area contributed by atoms with Crippen LogP contribution < -0.4 is 10.1 Å². The van der Waals surface area contributed by atoms with Crippen LogP contribution in [0.5, 0.6) is 5.75 Å². The Balaban J connectivity index is 2.04. The zero-order valence-electron chi connectivity index (χ0n) is 17.0.